The van der Waals surface area contributed by atoms with Gasteiger partial charge in [0.1, 0.15) is 10.8 Å². The molecule has 3 nitrogen and oxygen atoms in total. The Morgan fingerprint density at radius 3 is 2.59 bits per heavy atom. The van der Waals surface area contributed by atoms with Crippen molar-refractivity contribution in [3.63, 3.8) is 0 Å². The van der Waals surface area contributed by atoms with Crippen LogP contribution in [0.2, 0.25) is 0 Å². The predicted molar refractivity (Wildman–Crippen MR) is 65.9 cm³/mol. The lowest BCUT2D eigenvalue weighted by molar-refractivity contribution is 0.475. The summed E-state index contributed by atoms with van der Waals surface area (Å²) in [6, 6.07) is 12.5. The lowest BCUT2D eigenvalue weighted by Crippen LogP contribution is -1.87. The number of benzene rings is 1. The van der Waals surface area contributed by atoms with Crippen LogP contribution in [0.4, 0.5) is 0 Å². The molecule has 17 heavy (non-hydrogen) atoms. The molecule has 1 aromatic heterocycles. The summed E-state index contributed by atoms with van der Waals surface area (Å²) in [5, 5.41) is 18.8. The number of nitrogens with zero attached hydrogens (tertiary/aromatic N) is 2. The normalized spacial score (nSPS) is 9.88. The van der Waals surface area contributed by atoms with E-state index in [1.165, 1.54) is 11.8 Å². The Hall–Kier alpha value is -1.99. The Bertz CT molecular complexity index is 573. The molecule has 0 radical (unpaired) electrons. The number of nitriles is 1. The summed E-state index contributed by atoms with van der Waals surface area (Å²) in [5.41, 5.74) is 1.43. The number of phenolic OH excluding ortho intramolecular Hbond substituents is 1. The van der Waals surface area contributed by atoms with Crippen molar-refractivity contribution in [3.8, 4) is 11.8 Å². The van der Waals surface area contributed by atoms with Gasteiger partial charge in [-0.05, 0) is 43.3 Å². The van der Waals surface area contributed by atoms with Crippen LogP contribution < -0.4 is 0 Å². The minimum Gasteiger partial charge on any atom is -0.508 e. The smallest absolute Gasteiger partial charge is 0.115 e. The lowest BCUT2D eigenvalue weighted by Gasteiger charge is -2.03. The number of pyridine rings is 1. The van der Waals surface area contributed by atoms with E-state index < -0.39 is 0 Å². The van der Waals surface area contributed by atoms with Gasteiger partial charge in [0.25, 0.3) is 0 Å². The Kier molecular flexibility index (Phi) is 3.31. The largest absolute Gasteiger partial charge is 0.508 e. The molecular formula is C13H10N2OS. The molecule has 0 saturated carbocycles. The Balaban J connectivity index is 2.27. The third-order valence-corrected chi connectivity index (χ3v) is 3.04. The highest BCUT2D eigenvalue weighted by molar-refractivity contribution is 7.99. The van der Waals surface area contributed by atoms with Crippen LogP contribution in [0.3, 0.4) is 0 Å². The first kappa shape index (κ1) is 11.5. The highest BCUT2D eigenvalue weighted by atomic mass is 32.2. The third-order valence-electron chi connectivity index (χ3n) is 2.12. The molecule has 2 rings (SSSR count). The van der Waals surface area contributed by atoms with Crippen molar-refractivity contribution in [2.45, 2.75) is 16.8 Å². The molecule has 0 atom stereocenters. The molecule has 0 spiro atoms. The molecule has 1 heterocycles. The molecule has 0 aliphatic carbocycles. The maximum Gasteiger partial charge on any atom is 0.115 e. The van der Waals surface area contributed by atoms with Gasteiger partial charge in [0, 0.05) is 10.6 Å². The van der Waals surface area contributed by atoms with E-state index >= 15 is 0 Å². The summed E-state index contributed by atoms with van der Waals surface area (Å²) in [6.07, 6.45) is 0. The van der Waals surface area contributed by atoms with E-state index in [-0.39, 0.29) is 5.75 Å². The fourth-order valence-corrected chi connectivity index (χ4v) is 2.28. The molecule has 1 aromatic carbocycles. The van der Waals surface area contributed by atoms with Crippen LogP contribution in [0.15, 0.2) is 46.3 Å². The van der Waals surface area contributed by atoms with Crippen LogP contribution in [-0.4, -0.2) is 10.1 Å². The molecule has 84 valence electrons. The minimum absolute atomic E-state index is 0.240. The van der Waals surface area contributed by atoms with Crippen molar-refractivity contribution in [1.29, 1.82) is 5.26 Å². The standard InChI is InChI=1S/C13H10N2OS/c1-9-6-10(8-14)7-13(15-9)17-12-4-2-11(16)3-5-12/h2-7,16H,1H3. The van der Waals surface area contributed by atoms with Crippen LogP contribution in [0.25, 0.3) is 0 Å². The van der Waals surface area contributed by atoms with Gasteiger partial charge in [-0.15, -0.1) is 0 Å². The van der Waals surface area contributed by atoms with E-state index in [2.05, 4.69) is 11.1 Å². The monoisotopic (exact) mass is 242 g/mol. The van der Waals surface area contributed by atoms with E-state index in [1.807, 2.05) is 19.1 Å². The Morgan fingerprint density at radius 2 is 1.94 bits per heavy atom. The average molecular weight is 242 g/mol. The fraction of sp³-hybridized carbons (Fsp3) is 0.0769. The molecule has 2 aromatic rings. The van der Waals surface area contributed by atoms with Gasteiger partial charge in [-0.1, -0.05) is 11.8 Å². The zero-order chi connectivity index (χ0) is 12.3. The van der Waals surface area contributed by atoms with Gasteiger partial charge in [-0.3, -0.25) is 0 Å². The van der Waals surface area contributed by atoms with Gasteiger partial charge in [0.05, 0.1) is 11.6 Å². The fourth-order valence-electron chi connectivity index (χ4n) is 1.39. The van der Waals surface area contributed by atoms with Gasteiger partial charge >= 0.3 is 0 Å². The molecule has 0 fully saturated rings. The summed E-state index contributed by atoms with van der Waals surface area (Å²) >= 11 is 1.47. The van der Waals surface area contributed by atoms with Gasteiger partial charge in [0.2, 0.25) is 0 Å². The van der Waals surface area contributed by atoms with Crippen LogP contribution in [0.1, 0.15) is 11.3 Å². The van der Waals surface area contributed by atoms with Crippen molar-refractivity contribution in [3.05, 3.63) is 47.7 Å². The van der Waals surface area contributed by atoms with E-state index in [1.54, 1.807) is 24.3 Å². The third kappa shape index (κ3) is 2.99. The number of hydrogen-bond donors (Lipinski definition) is 1. The quantitative estimate of drug-likeness (QED) is 0.879. The Morgan fingerprint density at radius 1 is 1.24 bits per heavy atom. The van der Waals surface area contributed by atoms with E-state index in [0.717, 1.165) is 15.6 Å². The molecular weight excluding hydrogens is 232 g/mol. The zero-order valence-corrected chi connectivity index (χ0v) is 10.0. The summed E-state index contributed by atoms with van der Waals surface area (Å²) < 4.78 is 0. The van der Waals surface area contributed by atoms with E-state index in [4.69, 9.17) is 5.26 Å². The zero-order valence-electron chi connectivity index (χ0n) is 9.21. The average Bonchev–Trinajstić information content (AvgIpc) is 2.31. The topological polar surface area (TPSA) is 56.9 Å². The van der Waals surface area contributed by atoms with E-state index in [0.29, 0.717) is 5.56 Å². The lowest BCUT2D eigenvalue weighted by atomic mass is 10.2. The molecule has 4 heteroatoms. The first-order valence-electron chi connectivity index (χ1n) is 5.03. The van der Waals surface area contributed by atoms with Gasteiger partial charge in [0.15, 0.2) is 0 Å². The first-order valence-corrected chi connectivity index (χ1v) is 5.85. The van der Waals surface area contributed by atoms with Gasteiger partial charge in [-0.2, -0.15) is 5.26 Å². The van der Waals surface area contributed by atoms with Crippen molar-refractivity contribution in [2.24, 2.45) is 0 Å². The SMILES string of the molecule is Cc1cc(C#N)cc(Sc2ccc(O)cc2)n1. The number of aryl methyl sites for hydroxylation is 1. The number of rotatable bonds is 2. The van der Waals surface area contributed by atoms with Crippen LogP contribution >= 0.6 is 11.8 Å². The van der Waals surface area contributed by atoms with Gasteiger partial charge in [-0.25, -0.2) is 4.98 Å². The second-order valence-corrected chi connectivity index (χ2v) is 4.64. The van der Waals surface area contributed by atoms with Crippen molar-refractivity contribution in [1.82, 2.24) is 4.98 Å². The number of hydrogen-bond acceptors (Lipinski definition) is 4. The van der Waals surface area contributed by atoms with Gasteiger partial charge < -0.3 is 5.11 Å². The molecule has 1 N–H and O–H groups in total. The minimum atomic E-state index is 0.240. The highest BCUT2D eigenvalue weighted by Gasteiger charge is 2.02. The number of aromatic nitrogens is 1. The number of aromatic hydroxyl groups is 1. The second kappa shape index (κ2) is 4.89. The number of phenols is 1. The molecule has 0 unspecified atom stereocenters. The Labute approximate surface area is 104 Å². The molecule has 0 aliphatic heterocycles. The van der Waals surface area contributed by atoms with Crippen LogP contribution in [0.5, 0.6) is 5.75 Å². The van der Waals surface area contributed by atoms with Crippen LogP contribution in [0, 0.1) is 18.3 Å². The van der Waals surface area contributed by atoms with Crippen molar-refractivity contribution < 1.29 is 5.11 Å². The van der Waals surface area contributed by atoms with Crippen molar-refractivity contribution >= 4 is 11.8 Å². The maximum absolute atomic E-state index is 9.18. The molecule has 0 aliphatic rings. The summed E-state index contributed by atoms with van der Waals surface area (Å²) in [6.45, 7) is 1.86. The highest BCUT2D eigenvalue weighted by Crippen LogP contribution is 2.28. The van der Waals surface area contributed by atoms with Crippen molar-refractivity contribution in [2.75, 3.05) is 0 Å². The molecule has 0 saturated heterocycles. The summed E-state index contributed by atoms with van der Waals surface area (Å²) in [4.78, 5) is 5.33. The van der Waals surface area contributed by atoms with E-state index in [9.17, 15) is 5.11 Å². The molecule has 0 amide bonds. The summed E-state index contributed by atoms with van der Waals surface area (Å²) in [7, 11) is 0. The second-order valence-electron chi connectivity index (χ2n) is 3.54. The maximum atomic E-state index is 9.18. The summed E-state index contributed by atoms with van der Waals surface area (Å²) in [5.74, 6) is 0.240. The molecule has 0 bridgehead atoms. The van der Waals surface area contributed by atoms with Crippen LogP contribution in [-0.2, 0) is 0 Å². The first-order chi connectivity index (χ1) is 8.17. The predicted octanol–water partition coefficient (Wildman–Crippen LogP) is 3.12.